The van der Waals surface area contributed by atoms with Crippen LogP contribution in [0.3, 0.4) is 0 Å². The van der Waals surface area contributed by atoms with Crippen LogP contribution in [0.5, 0.6) is 0 Å². The van der Waals surface area contributed by atoms with E-state index in [1.807, 2.05) is 23.8 Å². The monoisotopic (exact) mass is 281 g/mol. The SMILES string of the molecule is CC(NC(=O)C(=O)N1CCCNCC1)c1ccsc1. The summed E-state index contributed by atoms with van der Waals surface area (Å²) in [5.41, 5.74) is 1.03. The van der Waals surface area contributed by atoms with Crippen LogP contribution in [0.2, 0.25) is 0 Å². The molecule has 104 valence electrons. The Hall–Kier alpha value is -1.40. The molecule has 1 unspecified atom stereocenters. The van der Waals surface area contributed by atoms with Crippen LogP contribution in [-0.2, 0) is 9.59 Å². The predicted octanol–water partition coefficient (Wildman–Crippen LogP) is 0.747. The Bertz CT molecular complexity index is 425. The van der Waals surface area contributed by atoms with E-state index >= 15 is 0 Å². The summed E-state index contributed by atoms with van der Waals surface area (Å²) in [6, 6.07) is 1.82. The smallest absolute Gasteiger partial charge is 0.311 e. The third-order valence-electron chi connectivity index (χ3n) is 3.21. The van der Waals surface area contributed by atoms with Gasteiger partial charge in [0.05, 0.1) is 6.04 Å². The Kier molecular flexibility index (Phi) is 4.93. The Balaban J connectivity index is 1.89. The summed E-state index contributed by atoms with van der Waals surface area (Å²) < 4.78 is 0. The number of thiophene rings is 1. The van der Waals surface area contributed by atoms with Crippen molar-refractivity contribution < 1.29 is 9.59 Å². The molecule has 2 amide bonds. The van der Waals surface area contributed by atoms with Crippen LogP contribution in [-0.4, -0.2) is 42.9 Å². The minimum absolute atomic E-state index is 0.132. The molecule has 0 saturated carbocycles. The molecule has 2 N–H and O–H groups in total. The maximum absolute atomic E-state index is 12.0. The second-order valence-corrected chi connectivity index (χ2v) is 5.43. The number of rotatable bonds is 2. The summed E-state index contributed by atoms with van der Waals surface area (Å²) in [4.78, 5) is 25.6. The Labute approximate surface area is 117 Å². The van der Waals surface area contributed by atoms with Crippen molar-refractivity contribution in [3.8, 4) is 0 Å². The lowest BCUT2D eigenvalue weighted by molar-refractivity contribution is -0.146. The molecule has 5 nitrogen and oxygen atoms in total. The van der Waals surface area contributed by atoms with E-state index < -0.39 is 11.8 Å². The predicted molar refractivity (Wildman–Crippen MR) is 74.9 cm³/mol. The van der Waals surface area contributed by atoms with Crippen LogP contribution >= 0.6 is 11.3 Å². The number of carbonyl (C=O) groups excluding carboxylic acids is 2. The molecule has 6 heteroatoms. The first kappa shape index (κ1) is 14.0. The summed E-state index contributed by atoms with van der Waals surface area (Å²) in [5, 5.41) is 9.90. The van der Waals surface area contributed by atoms with Gasteiger partial charge in [0.2, 0.25) is 0 Å². The molecule has 2 heterocycles. The second-order valence-electron chi connectivity index (χ2n) is 4.65. The molecular weight excluding hydrogens is 262 g/mol. The summed E-state index contributed by atoms with van der Waals surface area (Å²) in [6.07, 6.45) is 0.888. The quantitative estimate of drug-likeness (QED) is 0.786. The van der Waals surface area contributed by atoms with E-state index in [0.29, 0.717) is 13.1 Å². The number of amides is 2. The lowest BCUT2D eigenvalue weighted by Crippen LogP contribution is -2.44. The number of hydrogen-bond donors (Lipinski definition) is 2. The summed E-state index contributed by atoms with van der Waals surface area (Å²) >= 11 is 1.58. The van der Waals surface area contributed by atoms with Crippen LogP contribution in [0.1, 0.15) is 24.9 Å². The number of carbonyl (C=O) groups is 2. The molecule has 0 radical (unpaired) electrons. The molecule has 1 aromatic rings. The first-order valence-corrected chi connectivity index (χ1v) is 7.45. The van der Waals surface area contributed by atoms with Crippen molar-refractivity contribution in [3.63, 3.8) is 0 Å². The molecular formula is C13H19N3O2S. The molecule has 1 fully saturated rings. The molecule has 0 aliphatic carbocycles. The summed E-state index contributed by atoms with van der Waals surface area (Å²) in [6.45, 7) is 4.78. The summed E-state index contributed by atoms with van der Waals surface area (Å²) in [7, 11) is 0. The fourth-order valence-corrected chi connectivity index (χ4v) is 2.81. The highest BCUT2D eigenvalue weighted by atomic mass is 32.1. The van der Waals surface area contributed by atoms with Crippen LogP contribution in [0.25, 0.3) is 0 Å². The summed E-state index contributed by atoms with van der Waals surface area (Å²) in [5.74, 6) is -0.939. The van der Waals surface area contributed by atoms with Crippen molar-refractivity contribution in [2.75, 3.05) is 26.2 Å². The highest BCUT2D eigenvalue weighted by molar-refractivity contribution is 7.07. The van der Waals surface area contributed by atoms with Crippen molar-refractivity contribution in [2.45, 2.75) is 19.4 Å². The van der Waals surface area contributed by atoms with Gasteiger partial charge in [0, 0.05) is 19.6 Å². The molecule has 0 bridgehead atoms. The largest absolute Gasteiger partial charge is 0.341 e. The van der Waals surface area contributed by atoms with Gasteiger partial charge in [-0.15, -0.1) is 0 Å². The Morgan fingerprint density at radius 3 is 3.00 bits per heavy atom. The third kappa shape index (κ3) is 3.78. The standard InChI is InChI=1S/C13H19N3O2S/c1-10(11-3-8-19-9-11)15-12(17)13(18)16-6-2-4-14-5-7-16/h3,8-10,14H,2,4-7H2,1H3,(H,15,17). The van der Waals surface area contributed by atoms with Crippen LogP contribution in [0.4, 0.5) is 0 Å². The van der Waals surface area contributed by atoms with E-state index in [2.05, 4.69) is 10.6 Å². The molecule has 1 atom stereocenters. The van der Waals surface area contributed by atoms with Gasteiger partial charge in [-0.2, -0.15) is 11.3 Å². The van der Waals surface area contributed by atoms with E-state index in [1.54, 1.807) is 16.2 Å². The fraction of sp³-hybridized carbons (Fsp3) is 0.538. The van der Waals surface area contributed by atoms with Crippen molar-refractivity contribution >= 4 is 23.2 Å². The zero-order chi connectivity index (χ0) is 13.7. The molecule has 19 heavy (non-hydrogen) atoms. The van der Waals surface area contributed by atoms with Crippen molar-refractivity contribution in [2.24, 2.45) is 0 Å². The number of hydrogen-bond acceptors (Lipinski definition) is 4. The van der Waals surface area contributed by atoms with E-state index in [9.17, 15) is 9.59 Å². The van der Waals surface area contributed by atoms with Gasteiger partial charge < -0.3 is 15.5 Å². The van der Waals surface area contributed by atoms with Crippen LogP contribution in [0.15, 0.2) is 16.8 Å². The van der Waals surface area contributed by atoms with Crippen LogP contribution in [0, 0.1) is 0 Å². The molecule has 1 aliphatic rings. The van der Waals surface area contributed by atoms with Gasteiger partial charge >= 0.3 is 11.8 Å². The Morgan fingerprint density at radius 2 is 2.26 bits per heavy atom. The van der Waals surface area contributed by atoms with E-state index in [0.717, 1.165) is 25.1 Å². The molecule has 1 aromatic heterocycles. The lowest BCUT2D eigenvalue weighted by atomic mass is 10.2. The van der Waals surface area contributed by atoms with E-state index in [1.165, 1.54) is 0 Å². The highest BCUT2D eigenvalue weighted by Gasteiger charge is 2.23. The average molecular weight is 281 g/mol. The molecule has 0 spiro atoms. The molecule has 2 rings (SSSR count). The highest BCUT2D eigenvalue weighted by Crippen LogP contribution is 2.15. The van der Waals surface area contributed by atoms with Gasteiger partial charge in [0.1, 0.15) is 0 Å². The van der Waals surface area contributed by atoms with Crippen molar-refractivity contribution in [1.82, 2.24) is 15.5 Å². The average Bonchev–Trinajstić information content (AvgIpc) is 2.81. The fourth-order valence-electron chi connectivity index (χ4n) is 2.06. The minimum atomic E-state index is -0.513. The maximum Gasteiger partial charge on any atom is 0.311 e. The van der Waals surface area contributed by atoms with Gasteiger partial charge in [0.25, 0.3) is 0 Å². The minimum Gasteiger partial charge on any atom is -0.341 e. The normalized spacial score (nSPS) is 17.6. The topological polar surface area (TPSA) is 61.4 Å². The number of nitrogens with zero attached hydrogens (tertiary/aromatic N) is 1. The first-order valence-electron chi connectivity index (χ1n) is 6.51. The molecule has 1 aliphatic heterocycles. The first-order chi connectivity index (χ1) is 9.18. The van der Waals surface area contributed by atoms with E-state index in [-0.39, 0.29) is 6.04 Å². The van der Waals surface area contributed by atoms with Gasteiger partial charge in [0.15, 0.2) is 0 Å². The molecule has 0 aromatic carbocycles. The zero-order valence-corrected chi connectivity index (χ0v) is 11.8. The van der Waals surface area contributed by atoms with Crippen LogP contribution < -0.4 is 10.6 Å². The van der Waals surface area contributed by atoms with Gasteiger partial charge in [-0.3, -0.25) is 9.59 Å². The number of nitrogens with one attached hydrogen (secondary N) is 2. The van der Waals surface area contributed by atoms with Gasteiger partial charge in [-0.1, -0.05) is 0 Å². The third-order valence-corrected chi connectivity index (χ3v) is 3.91. The Morgan fingerprint density at radius 1 is 1.42 bits per heavy atom. The van der Waals surface area contributed by atoms with Gasteiger partial charge in [-0.05, 0) is 42.3 Å². The molecule has 1 saturated heterocycles. The van der Waals surface area contributed by atoms with Gasteiger partial charge in [-0.25, -0.2) is 0 Å². The van der Waals surface area contributed by atoms with E-state index in [4.69, 9.17) is 0 Å². The van der Waals surface area contributed by atoms with Crippen molar-refractivity contribution in [3.05, 3.63) is 22.4 Å². The lowest BCUT2D eigenvalue weighted by Gasteiger charge is -2.20. The maximum atomic E-state index is 12.0. The zero-order valence-electron chi connectivity index (χ0n) is 11.0. The second kappa shape index (κ2) is 6.68. The van der Waals surface area contributed by atoms with Crippen molar-refractivity contribution in [1.29, 1.82) is 0 Å².